The summed E-state index contributed by atoms with van der Waals surface area (Å²) in [7, 11) is 0. The Bertz CT molecular complexity index is 416. The molecule has 0 aliphatic carbocycles. The van der Waals surface area contributed by atoms with Crippen LogP contribution in [0, 0.1) is 0 Å². The fraction of sp³-hybridized carbons (Fsp3) is 0.600. The molecule has 0 unspecified atom stereocenters. The van der Waals surface area contributed by atoms with Crippen LogP contribution in [0.25, 0.3) is 0 Å². The van der Waals surface area contributed by atoms with Crippen LogP contribution >= 0.6 is 0 Å². The van der Waals surface area contributed by atoms with Crippen molar-refractivity contribution in [3.8, 4) is 0 Å². The molecule has 0 aliphatic heterocycles. The van der Waals surface area contributed by atoms with Gasteiger partial charge in [0.25, 0.3) is 0 Å². The van der Waals surface area contributed by atoms with Crippen LogP contribution in [0.5, 0.6) is 0 Å². The van der Waals surface area contributed by atoms with Crippen molar-refractivity contribution in [2.24, 2.45) is 0 Å². The molecule has 1 aromatic carbocycles. The normalized spacial score (nSPS) is 13.7. The number of halogens is 3. The molecule has 0 amide bonds. The molecule has 0 saturated carbocycles. The molecule has 19 heavy (non-hydrogen) atoms. The third-order valence-electron chi connectivity index (χ3n) is 3.31. The van der Waals surface area contributed by atoms with E-state index in [0.29, 0.717) is 11.1 Å². The zero-order valence-electron chi connectivity index (χ0n) is 12.4. The van der Waals surface area contributed by atoms with E-state index in [1.165, 1.54) is 0 Å². The van der Waals surface area contributed by atoms with E-state index < -0.39 is 14.2 Å². The molecule has 0 heterocycles. The Hall–Kier alpha value is -0.471. The van der Waals surface area contributed by atoms with Gasteiger partial charge in [-0.15, -0.1) is 0 Å². The summed E-state index contributed by atoms with van der Waals surface area (Å²) in [6.07, 6.45) is 0. The van der Waals surface area contributed by atoms with Crippen molar-refractivity contribution in [1.82, 2.24) is 0 Å². The second-order valence-electron chi connectivity index (χ2n) is 5.90. The summed E-state index contributed by atoms with van der Waals surface area (Å²) in [5.41, 5.74) is 1.99. The fourth-order valence-corrected chi connectivity index (χ4v) is 4.51. The van der Waals surface area contributed by atoms with Gasteiger partial charge in [0.2, 0.25) is 0 Å². The molecule has 1 aromatic rings. The Morgan fingerprint density at radius 2 is 1.11 bits per heavy atom. The van der Waals surface area contributed by atoms with E-state index in [1.54, 1.807) is 12.1 Å². The van der Waals surface area contributed by atoms with Crippen LogP contribution < -0.4 is 4.46 Å². The van der Waals surface area contributed by atoms with E-state index in [1.807, 2.05) is 41.5 Å². The van der Waals surface area contributed by atoms with Crippen molar-refractivity contribution < 1.29 is 10.7 Å². The van der Waals surface area contributed by atoms with E-state index in [4.69, 9.17) is 0 Å². The molecule has 0 aromatic heterocycles. The van der Waals surface area contributed by atoms with Gasteiger partial charge >= 0.3 is 117 Å². The minimum absolute atomic E-state index is 0.0926. The summed E-state index contributed by atoms with van der Waals surface area (Å²) in [6, 6.07) is 3.53. The van der Waals surface area contributed by atoms with E-state index in [9.17, 15) is 10.7 Å². The standard InChI is InChI=1S/C15H23F3Se/c1-9(2)12-7-13(10(3)4)15(19(16,17)18)14(8-12)11(5)6/h7-11H,1-6H3. The molecule has 0 saturated heterocycles. The van der Waals surface area contributed by atoms with Gasteiger partial charge < -0.3 is 0 Å². The average Bonchev–Trinajstić information content (AvgIpc) is 2.25. The summed E-state index contributed by atoms with van der Waals surface area (Å²) in [6.45, 7) is 11.4. The quantitative estimate of drug-likeness (QED) is 0.669. The van der Waals surface area contributed by atoms with Crippen molar-refractivity contribution in [3.05, 3.63) is 28.8 Å². The van der Waals surface area contributed by atoms with Crippen LogP contribution in [0.1, 0.15) is 76.0 Å². The Kier molecular flexibility index (Phi) is 5.14. The first-order valence-electron chi connectivity index (χ1n) is 6.65. The maximum atomic E-state index is 13.5. The molecule has 0 bridgehead atoms. The second kappa shape index (κ2) is 5.88. The summed E-state index contributed by atoms with van der Waals surface area (Å²) >= 11 is -6.00. The number of rotatable bonds is 4. The molecule has 110 valence electrons. The van der Waals surface area contributed by atoms with Gasteiger partial charge in [-0.2, -0.15) is 0 Å². The van der Waals surface area contributed by atoms with Crippen LogP contribution in [0.3, 0.4) is 0 Å². The number of hydrogen-bond donors (Lipinski definition) is 0. The van der Waals surface area contributed by atoms with Gasteiger partial charge in [-0.05, 0) is 0 Å². The zero-order valence-corrected chi connectivity index (χ0v) is 14.1. The van der Waals surface area contributed by atoms with Gasteiger partial charge in [-0.25, -0.2) is 0 Å². The maximum absolute atomic E-state index is 13.5. The van der Waals surface area contributed by atoms with Crippen molar-refractivity contribution in [1.29, 1.82) is 0 Å². The van der Waals surface area contributed by atoms with Gasteiger partial charge in [0, 0.05) is 0 Å². The molecule has 0 spiro atoms. The molecule has 0 N–H and O–H groups in total. The Balaban J connectivity index is 3.66. The Morgan fingerprint density at radius 3 is 1.32 bits per heavy atom. The fourth-order valence-electron chi connectivity index (χ4n) is 2.16. The summed E-state index contributed by atoms with van der Waals surface area (Å²) in [5.74, 6) is 0.0658. The van der Waals surface area contributed by atoms with Gasteiger partial charge in [0.05, 0.1) is 0 Å². The van der Waals surface area contributed by atoms with E-state index >= 15 is 0 Å². The van der Waals surface area contributed by atoms with Crippen LogP contribution in [-0.4, -0.2) is 14.2 Å². The molecule has 0 fully saturated rings. The Labute approximate surface area is 118 Å². The molecule has 1 rings (SSSR count). The minimum atomic E-state index is -6.00. The van der Waals surface area contributed by atoms with Gasteiger partial charge in [-0.3, -0.25) is 0 Å². The molecule has 0 radical (unpaired) electrons. The predicted molar refractivity (Wildman–Crippen MR) is 77.4 cm³/mol. The van der Waals surface area contributed by atoms with E-state index in [-0.39, 0.29) is 22.2 Å². The van der Waals surface area contributed by atoms with Crippen LogP contribution in [-0.2, 0) is 0 Å². The predicted octanol–water partition coefficient (Wildman–Crippen LogP) is 5.11. The van der Waals surface area contributed by atoms with Crippen molar-refractivity contribution in [2.45, 2.75) is 59.3 Å². The van der Waals surface area contributed by atoms with Gasteiger partial charge in [0.15, 0.2) is 0 Å². The SMILES string of the molecule is CC(C)c1cc(C(C)C)c([Se](F)(F)F)c(C(C)C)c1. The van der Waals surface area contributed by atoms with Crippen LogP contribution in [0.15, 0.2) is 12.1 Å². The van der Waals surface area contributed by atoms with Crippen molar-refractivity contribution in [2.75, 3.05) is 0 Å². The molecular weight excluding hydrogens is 316 g/mol. The van der Waals surface area contributed by atoms with Gasteiger partial charge in [0.1, 0.15) is 0 Å². The van der Waals surface area contributed by atoms with Crippen molar-refractivity contribution >= 4 is 18.7 Å². The summed E-state index contributed by atoms with van der Waals surface area (Å²) < 4.78 is 40.3. The Morgan fingerprint density at radius 1 is 0.737 bits per heavy atom. The van der Waals surface area contributed by atoms with Crippen LogP contribution in [0.2, 0.25) is 0 Å². The molecule has 4 heteroatoms. The third kappa shape index (κ3) is 3.76. The summed E-state index contributed by atoms with van der Waals surface area (Å²) in [5, 5.41) is 0. The number of hydrogen-bond acceptors (Lipinski definition) is 0. The zero-order chi connectivity index (χ0) is 15.0. The first-order valence-corrected chi connectivity index (χ1v) is 9.45. The molecular formula is C15H23F3Se. The van der Waals surface area contributed by atoms with Gasteiger partial charge in [-0.1, -0.05) is 0 Å². The summed E-state index contributed by atoms with van der Waals surface area (Å²) in [4.78, 5) is 0. The second-order valence-corrected chi connectivity index (χ2v) is 8.46. The van der Waals surface area contributed by atoms with Crippen molar-refractivity contribution in [3.63, 3.8) is 0 Å². The van der Waals surface area contributed by atoms with Crippen LogP contribution in [0.4, 0.5) is 10.7 Å². The monoisotopic (exact) mass is 340 g/mol. The topological polar surface area (TPSA) is 0 Å². The van der Waals surface area contributed by atoms with E-state index in [2.05, 4.69) is 0 Å². The van der Waals surface area contributed by atoms with E-state index in [0.717, 1.165) is 5.56 Å². The first kappa shape index (κ1) is 16.6. The molecule has 0 nitrogen and oxygen atoms in total. The first-order chi connectivity index (χ1) is 8.55. The molecule has 0 atom stereocenters. The average molecular weight is 339 g/mol. The molecule has 0 aliphatic rings. The number of benzene rings is 1. The third-order valence-corrected chi connectivity index (χ3v) is 5.27.